The van der Waals surface area contributed by atoms with Gasteiger partial charge in [-0.2, -0.15) is 0 Å². The number of nitrogen functional groups attached to an aromatic ring is 1. The molecule has 2 aromatic rings. The maximum Gasteiger partial charge on any atom is 0.130 e. The molecule has 0 aliphatic heterocycles. The normalized spacial score (nSPS) is 10.6. The Morgan fingerprint density at radius 3 is 2.61 bits per heavy atom. The van der Waals surface area contributed by atoms with E-state index in [1.54, 1.807) is 30.1 Å². The lowest BCUT2D eigenvalue weighted by molar-refractivity contribution is 1.25. The number of aromatic nitrogens is 1. The molecule has 0 spiro atoms. The number of hydrogen-bond donors (Lipinski definition) is 1. The fraction of sp³-hybridized carbons (Fsp3) is 0.0833. The van der Waals surface area contributed by atoms with Crippen molar-refractivity contribution < 1.29 is 0 Å². The number of benzene rings is 1. The lowest BCUT2D eigenvalue weighted by Gasteiger charge is -2.07. The molecule has 94 valence electrons. The number of thioether (sulfide) groups is 1. The van der Waals surface area contributed by atoms with Crippen molar-refractivity contribution in [3.8, 4) is 0 Å². The molecule has 0 saturated carbocycles. The van der Waals surface area contributed by atoms with Gasteiger partial charge in [-0.25, -0.2) is 4.98 Å². The van der Waals surface area contributed by atoms with Crippen LogP contribution in [0.4, 0.5) is 5.69 Å². The molecule has 0 bridgehead atoms. The van der Waals surface area contributed by atoms with E-state index in [0.717, 1.165) is 10.5 Å². The number of nitrogens with two attached hydrogens (primary N) is 1. The molecular formula is C12H9Cl3N2S. The molecular weight excluding hydrogens is 311 g/mol. The Bertz CT molecular complexity index is 524. The second-order valence-electron chi connectivity index (χ2n) is 3.57. The average Bonchev–Trinajstić information content (AvgIpc) is 2.30. The van der Waals surface area contributed by atoms with E-state index < -0.39 is 0 Å². The van der Waals surface area contributed by atoms with E-state index in [0.29, 0.717) is 26.6 Å². The van der Waals surface area contributed by atoms with Crippen LogP contribution in [0.1, 0.15) is 5.56 Å². The summed E-state index contributed by atoms with van der Waals surface area (Å²) >= 11 is 19.2. The number of nitrogens with zero attached hydrogens (tertiary/aromatic N) is 1. The number of hydrogen-bond acceptors (Lipinski definition) is 3. The summed E-state index contributed by atoms with van der Waals surface area (Å²) in [7, 11) is 0. The number of halogens is 3. The third-order valence-electron chi connectivity index (χ3n) is 2.25. The molecule has 0 saturated heterocycles. The summed E-state index contributed by atoms with van der Waals surface area (Å²) in [5, 5.41) is 1.62. The van der Waals surface area contributed by atoms with Crippen molar-refractivity contribution >= 4 is 52.3 Å². The number of anilines is 1. The highest BCUT2D eigenvalue weighted by Crippen LogP contribution is 2.32. The van der Waals surface area contributed by atoms with Crippen molar-refractivity contribution in [1.82, 2.24) is 4.98 Å². The first kappa shape index (κ1) is 13.8. The van der Waals surface area contributed by atoms with E-state index >= 15 is 0 Å². The van der Waals surface area contributed by atoms with Crippen molar-refractivity contribution in [2.45, 2.75) is 10.6 Å². The molecule has 0 atom stereocenters. The van der Waals surface area contributed by atoms with Crippen molar-refractivity contribution in [3.05, 3.63) is 51.2 Å². The molecule has 2 nitrogen and oxygen atoms in total. The molecule has 0 aliphatic carbocycles. The van der Waals surface area contributed by atoms with Gasteiger partial charge in [0.05, 0.1) is 0 Å². The Labute approximate surface area is 124 Å². The molecule has 2 rings (SSSR count). The smallest absolute Gasteiger partial charge is 0.130 e. The Kier molecular flexibility index (Phi) is 4.62. The van der Waals surface area contributed by atoms with E-state index in [4.69, 9.17) is 40.5 Å². The zero-order chi connectivity index (χ0) is 13.1. The lowest BCUT2D eigenvalue weighted by Crippen LogP contribution is -1.90. The Balaban J connectivity index is 2.11. The quantitative estimate of drug-likeness (QED) is 0.496. The Morgan fingerprint density at radius 1 is 1.17 bits per heavy atom. The van der Waals surface area contributed by atoms with Gasteiger partial charge in [-0.15, -0.1) is 11.8 Å². The van der Waals surface area contributed by atoms with E-state index in [2.05, 4.69) is 4.98 Å². The molecule has 0 aliphatic rings. The molecule has 18 heavy (non-hydrogen) atoms. The fourth-order valence-corrected chi connectivity index (χ4v) is 2.97. The standard InChI is InChI=1S/C12H9Cl3N2S/c13-8-1-2-11(10(16)3-8)18-6-7-5-17-12(15)4-9(7)14/h1-5H,6,16H2. The second kappa shape index (κ2) is 6.02. The summed E-state index contributed by atoms with van der Waals surface area (Å²) in [6.07, 6.45) is 1.67. The molecule has 1 aromatic carbocycles. The topological polar surface area (TPSA) is 38.9 Å². The molecule has 0 fully saturated rings. The van der Waals surface area contributed by atoms with Crippen molar-refractivity contribution in [1.29, 1.82) is 0 Å². The minimum atomic E-state index is 0.389. The van der Waals surface area contributed by atoms with Crippen molar-refractivity contribution in [3.63, 3.8) is 0 Å². The molecule has 0 radical (unpaired) electrons. The largest absolute Gasteiger partial charge is 0.398 e. The van der Waals surface area contributed by atoms with Crippen LogP contribution in [0, 0.1) is 0 Å². The van der Waals surface area contributed by atoms with Gasteiger partial charge >= 0.3 is 0 Å². The van der Waals surface area contributed by atoms with Crippen LogP contribution in [0.5, 0.6) is 0 Å². The minimum Gasteiger partial charge on any atom is -0.398 e. The van der Waals surface area contributed by atoms with Gasteiger partial charge in [0.2, 0.25) is 0 Å². The third-order valence-corrected chi connectivity index (χ3v) is 4.18. The third kappa shape index (κ3) is 3.45. The molecule has 0 unspecified atom stereocenters. The summed E-state index contributed by atoms with van der Waals surface area (Å²) < 4.78 is 0. The predicted molar refractivity (Wildman–Crippen MR) is 79.7 cm³/mol. The lowest BCUT2D eigenvalue weighted by atomic mass is 10.3. The van der Waals surface area contributed by atoms with Crippen LogP contribution < -0.4 is 5.73 Å². The summed E-state index contributed by atoms with van der Waals surface area (Å²) in [4.78, 5) is 4.97. The van der Waals surface area contributed by atoms with Gasteiger partial charge in [-0.1, -0.05) is 34.8 Å². The monoisotopic (exact) mass is 318 g/mol. The van der Waals surface area contributed by atoms with E-state index in [1.807, 2.05) is 12.1 Å². The van der Waals surface area contributed by atoms with E-state index in [1.165, 1.54) is 0 Å². The van der Waals surface area contributed by atoms with Gasteiger partial charge in [0.15, 0.2) is 0 Å². The van der Waals surface area contributed by atoms with Crippen molar-refractivity contribution in [2.24, 2.45) is 0 Å². The van der Waals surface area contributed by atoms with Gasteiger partial charge in [0.25, 0.3) is 0 Å². The van der Waals surface area contributed by atoms with Crippen LogP contribution in [-0.4, -0.2) is 4.98 Å². The molecule has 1 heterocycles. The van der Waals surface area contributed by atoms with Crippen LogP contribution in [0.25, 0.3) is 0 Å². The maximum atomic E-state index is 6.07. The molecule has 1 aromatic heterocycles. The highest BCUT2D eigenvalue weighted by atomic mass is 35.5. The molecule has 6 heteroatoms. The second-order valence-corrected chi connectivity index (χ2v) is 5.82. The molecule has 2 N–H and O–H groups in total. The van der Waals surface area contributed by atoms with Crippen LogP contribution in [-0.2, 0) is 5.75 Å². The van der Waals surface area contributed by atoms with Gasteiger partial charge in [-0.05, 0) is 29.8 Å². The van der Waals surface area contributed by atoms with Gasteiger partial charge in [0.1, 0.15) is 5.15 Å². The van der Waals surface area contributed by atoms with Gasteiger partial charge in [0, 0.05) is 32.6 Å². The number of pyridine rings is 1. The summed E-state index contributed by atoms with van der Waals surface area (Å²) in [6.45, 7) is 0. The summed E-state index contributed by atoms with van der Waals surface area (Å²) in [5.74, 6) is 0.675. The Hall–Kier alpha value is -0.610. The zero-order valence-corrected chi connectivity index (χ0v) is 12.2. The first-order valence-corrected chi connectivity index (χ1v) is 7.16. The molecule has 0 amide bonds. The Morgan fingerprint density at radius 2 is 1.94 bits per heavy atom. The van der Waals surface area contributed by atoms with Crippen LogP contribution in [0.3, 0.4) is 0 Å². The average molecular weight is 320 g/mol. The minimum absolute atomic E-state index is 0.389. The first-order chi connectivity index (χ1) is 8.56. The van der Waals surface area contributed by atoms with Crippen molar-refractivity contribution in [2.75, 3.05) is 5.73 Å². The SMILES string of the molecule is Nc1cc(Cl)ccc1SCc1cnc(Cl)cc1Cl. The van der Waals surface area contributed by atoms with Crippen LogP contribution >= 0.6 is 46.6 Å². The highest BCUT2D eigenvalue weighted by Gasteiger charge is 2.05. The van der Waals surface area contributed by atoms with E-state index in [-0.39, 0.29) is 0 Å². The van der Waals surface area contributed by atoms with Gasteiger partial charge < -0.3 is 5.73 Å². The van der Waals surface area contributed by atoms with Crippen LogP contribution in [0.2, 0.25) is 15.2 Å². The summed E-state index contributed by atoms with van der Waals surface area (Å²) in [5.41, 5.74) is 7.45. The fourth-order valence-electron chi connectivity index (χ4n) is 1.35. The van der Waals surface area contributed by atoms with Crippen LogP contribution in [0.15, 0.2) is 35.4 Å². The number of rotatable bonds is 3. The zero-order valence-electron chi connectivity index (χ0n) is 9.16. The summed E-state index contributed by atoms with van der Waals surface area (Å²) in [6, 6.07) is 7.05. The van der Waals surface area contributed by atoms with E-state index in [9.17, 15) is 0 Å². The highest BCUT2D eigenvalue weighted by molar-refractivity contribution is 7.98. The van der Waals surface area contributed by atoms with Gasteiger partial charge in [-0.3, -0.25) is 0 Å². The first-order valence-electron chi connectivity index (χ1n) is 5.04. The predicted octanol–water partition coefficient (Wildman–Crippen LogP) is 4.92. The maximum absolute atomic E-state index is 6.07.